The normalized spacial score (nSPS) is 20.2. The largest absolute Gasteiger partial charge is 0.435 e. The Morgan fingerprint density at radius 3 is 2.17 bits per heavy atom. The lowest BCUT2D eigenvalue weighted by molar-refractivity contribution is -0.0498. The van der Waals surface area contributed by atoms with Crippen LogP contribution in [0.25, 0.3) is 0 Å². The molecule has 7 nitrogen and oxygen atoms in total. The molecule has 0 aliphatic carbocycles. The Labute approximate surface area is 173 Å². The molecule has 1 aliphatic rings. The van der Waals surface area contributed by atoms with E-state index in [4.69, 9.17) is 4.74 Å². The highest BCUT2D eigenvalue weighted by atomic mass is 32.2. The van der Waals surface area contributed by atoms with Crippen molar-refractivity contribution in [2.75, 3.05) is 18.4 Å². The molecule has 0 aromatic heterocycles. The Bertz CT molecular complexity index is 971. The molecule has 1 amide bonds. The SMILES string of the molecule is C[C@@H]1CN(S(=O)(=O)c2ccc(C(=O)Nc3ccc(OC(F)F)cc3)cc2)C[C@H](C)O1. The van der Waals surface area contributed by atoms with Crippen molar-refractivity contribution in [3.05, 3.63) is 54.1 Å². The minimum absolute atomic E-state index is 0.0238. The van der Waals surface area contributed by atoms with E-state index in [2.05, 4.69) is 10.1 Å². The third-order valence-corrected chi connectivity index (χ3v) is 6.32. The third-order valence-electron chi connectivity index (χ3n) is 4.48. The minimum Gasteiger partial charge on any atom is -0.435 e. The summed E-state index contributed by atoms with van der Waals surface area (Å²) in [5.41, 5.74) is 0.639. The summed E-state index contributed by atoms with van der Waals surface area (Å²) in [6, 6.07) is 11.1. The molecule has 1 saturated heterocycles. The highest BCUT2D eigenvalue weighted by molar-refractivity contribution is 7.89. The van der Waals surface area contributed by atoms with Gasteiger partial charge in [0, 0.05) is 24.3 Å². The smallest absolute Gasteiger partial charge is 0.387 e. The summed E-state index contributed by atoms with van der Waals surface area (Å²) in [7, 11) is -3.70. The molecule has 3 rings (SSSR count). The van der Waals surface area contributed by atoms with Gasteiger partial charge < -0.3 is 14.8 Å². The van der Waals surface area contributed by atoms with E-state index in [-0.39, 0.29) is 41.5 Å². The van der Waals surface area contributed by atoms with Crippen molar-refractivity contribution in [2.45, 2.75) is 37.6 Å². The summed E-state index contributed by atoms with van der Waals surface area (Å²) in [6.45, 7) is 1.24. The summed E-state index contributed by atoms with van der Waals surface area (Å²) in [4.78, 5) is 12.5. The van der Waals surface area contributed by atoms with Gasteiger partial charge in [0.25, 0.3) is 5.91 Å². The number of benzene rings is 2. The highest BCUT2D eigenvalue weighted by Gasteiger charge is 2.32. The molecule has 2 atom stereocenters. The monoisotopic (exact) mass is 440 g/mol. The minimum atomic E-state index is -3.70. The molecule has 30 heavy (non-hydrogen) atoms. The zero-order valence-corrected chi connectivity index (χ0v) is 17.2. The van der Waals surface area contributed by atoms with Crippen LogP contribution in [-0.4, -0.2) is 50.5 Å². The lowest BCUT2D eigenvalue weighted by Crippen LogP contribution is -2.48. The Morgan fingerprint density at radius 2 is 1.63 bits per heavy atom. The number of nitrogens with one attached hydrogen (secondary N) is 1. The number of ether oxygens (including phenoxy) is 2. The van der Waals surface area contributed by atoms with Crippen LogP contribution in [0.4, 0.5) is 14.5 Å². The van der Waals surface area contributed by atoms with Gasteiger partial charge in [0.2, 0.25) is 10.0 Å². The van der Waals surface area contributed by atoms with Gasteiger partial charge >= 0.3 is 6.61 Å². The first-order valence-electron chi connectivity index (χ1n) is 9.27. The highest BCUT2D eigenvalue weighted by Crippen LogP contribution is 2.22. The quantitative estimate of drug-likeness (QED) is 0.745. The van der Waals surface area contributed by atoms with Gasteiger partial charge in [0.15, 0.2) is 0 Å². The molecular formula is C20H22F2N2O5S. The summed E-state index contributed by atoms with van der Waals surface area (Å²) in [6.07, 6.45) is -0.405. The van der Waals surface area contributed by atoms with E-state index < -0.39 is 22.5 Å². The van der Waals surface area contributed by atoms with Gasteiger partial charge in [-0.15, -0.1) is 0 Å². The lowest BCUT2D eigenvalue weighted by atomic mass is 10.2. The topological polar surface area (TPSA) is 84.9 Å². The number of nitrogens with zero attached hydrogens (tertiary/aromatic N) is 1. The number of carbonyl (C=O) groups is 1. The molecule has 0 spiro atoms. The van der Waals surface area contributed by atoms with Crippen LogP contribution in [0, 0.1) is 0 Å². The van der Waals surface area contributed by atoms with Crippen LogP contribution in [0.1, 0.15) is 24.2 Å². The zero-order chi connectivity index (χ0) is 21.9. The van der Waals surface area contributed by atoms with E-state index in [1.54, 1.807) is 0 Å². The standard InChI is InChI=1S/C20H22F2N2O5S/c1-13-11-24(12-14(2)28-13)30(26,27)18-9-3-15(4-10-18)19(25)23-16-5-7-17(8-6-16)29-20(21)22/h3-10,13-14,20H,11-12H2,1-2H3,(H,23,25)/t13-,14+. The number of alkyl halides is 2. The molecule has 1 aliphatic heterocycles. The number of rotatable bonds is 6. The van der Waals surface area contributed by atoms with Crippen LogP contribution in [0.5, 0.6) is 5.75 Å². The van der Waals surface area contributed by atoms with Crippen molar-refractivity contribution >= 4 is 21.6 Å². The molecular weight excluding hydrogens is 418 g/mol. The van der Waals surface area contributed by atoms with Crippen LogP contribution in [-0.2, 0) is 14.8 Å². The Kier molecular flexibility index (Phi) is 6.69. The van der Waals surface area contributed by atoms with Crippen LogP contribution in [0.3, 0.4) is 0 Å². The number of hydrogen-bond acceptors (Lipinski definition) is 5. The van der Waals surface area contributed by atoms with Crippen LogP contribution < -0.4 is 10.1 Å². The van der Waals surface area contributed by atoms with Crippen molar-refractivity contribution in [3.63, 3.8) is 0 Å². The van der Waals surface area contributed by atoms with E-state index in [1.165, 1.54) is 52.8 Å². The lowest BCUT2D eigenvalue weighted by Gasteiger charge is -2.34. The third kappa shape index (κ3) is 5.32. The molecule has 1 N–H and O–H groups in total. The van der Waals surface area contributed by atoms with E-state index in [0.29, 0.717) is 5.69 Å². The van der Waals surface area contributed by atoms with Gasteiger partial charge in [-0.05, 0) is 62.4 Å². The molecule has 1 heterocycles. The van der Waals surface area contributed by atoms with Gasteiger partial charge in [-0.25, -0.2) is 8.42 Å². The number of amides is 1. The van der Waals surface area contributed by atoms with E-state index in [1.807, 2.05) is 13.8 Å². The van der Waals surface area contributed by atoms with E-state index in [9.17, 15) is 22.0 Å². The molecule has 1 fully saturated rings. The second kappa shape index (κ2) is 9.07. The molecule has 0 saturated carbocycles. The van der Waals surface area contributed by atoms with Crippen molar-refractivity contribution in [3.8, 4) is 5.75 Å². The molecule has 10 heteroatoms. The van der Waals surface area contributed by atoms with Gasteiger partial charge in [0.1, 0.15) is 5.75 Å². The number of carbonyl (C=O) groups excluding carboxylic acids is 1. The second-order valence-corrected chi connectivity index (χ2v) is 8.90. The number of sulfonamides is 1. The van der Waals surface area contributed by atoms with Crippen molar-refractivity contribution in [1.29, 1.82) is 0 Å². The molecule has 162 valence electrons. The van der Waals surface area contributed by atoms with E-state index in [0.717, 1.165) is 0 Å². The van der Waals surface area contributed by atoms with Crippen molar-refractivity contribution < 1.29 is 31.5 Å². The number of hydrogen-bond donors (Lipinski definition) is 1. The predicted molar refractivity (Wildman–Crippen MR) is 106 cm³/mol. The maximum Gasteiger partial charge on any atom is 0.387 e. The zero-order valence-electron chi connectivity index (χ0n) is 16.4. The number of anilines is 1. The fraction of sp³-hybridized carbons (Fsp3) is 0.350. The predicted octanol–water partition coefficient (Wildman–Crippen LogP) is 3.34. The van der Waals surface area contributed by atoms with Gasteiger partial charge in [0.05, 0.1) is 17.1 Å². The maximum absolute atomic E-state index is 12.9. The first-order chi connectivity index (χ1) is 14.1. The van der Waals surface area contributed by atoms with Crippen LogP contribution in [0.15, 0.2) is 53.4 Å². The summed E-state index contributed by atoms with van der Waals surface area (Å²) in [5.74, 6) is -0.487. The molecule has 2 aromatic carbocycles. The van der Waals surface area contributed by atoms with Gasteiger partial charge in [-0.2, -0.15) is 13.1 Å². The fourth-order valence-electron chi connectivity index (χ4n) is 3.18. The van der Waals surface area contributed by atoms with Crippen LogP contribution >= 0.6 is 0 Å². The second-order valence-electron chi connectivity index (χ2n) is 6.96. The molecule has 0 unspecified atom stereocenters. The Morgan fingerprint density at radius 1 is 1.07 bits per heavy atom. The summed E-state index contributed by atoms with van der Waals surface area (Å²) in [5, 5.41) is 2.61. The molecule has 0 bridgehead atoms. The Hall–Kier alpha value is -2.56. The summed E-state index contributed by atoms with van der Waals surface area (Å²) >= 11 is 0. The Balaban J connectivity index is 1.68. The molecule has 2 aromatic rings. The maximum atomic E-state index is 12.9. The van der Waals surface area contributed by atoms with Crippen LogP contribution in [0.2, 0.25) is 0 Å². The average Bonchev–Trinajstić information content (AvgIpc) is 2.68. The van der Waals surface area contributed by atoms with Crippen molar-refractivity contribution in [2.24, 2.45) is 0 Å². The van der Waals surface area contributed by atoms with Gasteiger partial charge in [-0.3, -0.25) is 4.79 Å². The summed E-state index contributed by atoms with van der Waals surface area (Å²) < 4.78 is 61.3. The first-order valence-corrected chi connectivity index (χ1v) is 10.7. The fourth-order valence-corrected chi connectivity index (χ4v) is 4.77. The number of morpholine rings is 1. The first kappa shape index (κ1) is 22.1. The number of halogens is 2. The average molecular weight is 440 g/mol. The molecule has 0 radical (unpaired) electrons. The van der Waals surface area contributed by atoms with Gasteiger partial charge in [-0.1, -0.05) is 0 Å². The van der Waals surface area contributed by atoms with Crippen molar-refractivity contribution in [1.82, 2.24) is 4.31 Å². The van der Waals surface area contributed by atoms with E-state index >= 15 is 0 Å².